The molecule has 0 aliphatic heterocycles. The van der Waals surface area contributed by atoms with Crippen LogP contribution in [0.2, 0.25) is 0 Å². The zero-order valence-electron chi connectivity index (χ0n) is 9.09. The maximum absolute atomic E-state index is 5.16. The van der Waals surface area contributed by atoms with Crippen LogP contribution in [0.25, 0.3) is 0 Å². The molecule has 1 rings (SSSR count). The van der Waals surface area contributed by atoms with E-state index in [1.165, 1.54) is 5.56 Å². The van der Waals surface area contributed by atoms with Gasteiger partial charge in [-0.2, -0.15) is 0 Å². The molecule has 1 aromatic rings. The molecule has 0 heterocycles. The summed E-state index contributed by atoms with van der Waals surface area (Å²) in [5.41, 5.74) is 2.63. The van der Waals surface area contributed by atoms with E-state index in [2.05, 4.69) is 56.3 Å². The van der Waals surface area contributed by atoms with Crippen LogP contribution in [0.5, 0.6) is 0 Å². The van der Waals surface area contributed by atoms with Crippen molar-refractivity contribution < 1.29 is 0 Å². The smallest absolute Gasteiger partial charge is 0.0763 e. The lowest BCUT2D eigenvalue weighted by Gasteiger charge is -2.19. The molecule has 1 N–H and O–H groups in total. The zero-order chi connectivity index (χ0) is 10.6. The van der Waals surface area contributed by atoms with E-state index in [0.29, 0.717) is 6.54 Å². The highest BCUT2D eigenvalue weighted by Gasteiger charge is 2.12. The first-order chi connectivity index (χ1) is 6.54. The van der Waals surface area contributed by atoms with Crippen molar-refractivity contribution in [2.45, 2.75) is 26.2 Å². The van der Waals surface area contributed by atoms with Gasteiger partial charge in [0.15, 0.2) is 0 Å². The number of anilines is 1. The molecule has 0 fully saturated rings. The Bertz CT molecular complexity index is 322. The zero-order valence-corrected chi connectivity index (χ0v) is 9.09. The van der Waals surface area contributed by atoms with Gasteiger partial charge in [-0.3, -0.25) is 0 Å². The van der Waals surface area contributed by atoms with E-state index in [1.807, 2.05) is 0 Å². The second-order valence-corrected chi connectivity index (χ2v) is 4.39. The summed E-state index contributed by atoms with van der Waals surface area (Å²) in [6, 6.07) is 8.41. The van der Waals surface area contributed by atoms with Gasteiger partial charge >= 0.3 is 0 Å². The Morgan fingerprint density at radius 3 is 2.21 bits per heavy atom. The fourth-order valence-electron chi connectivity index (χ4n) is 1.24. The van der Waals surface area contributed by atoms with Gasteiger partial charge in [0, 0.05) is 5.69 Å². The molecular formula is C13H17N. The van der Waals surface area contributed by atoms with Gasteiger partial charge in [-0.05, 0) is 23.1 Å². The Balaban J connectivity index is 2.75. The van der Waals surface area contributed by atoms with Crippen LogP contribution >= 0.6 is 0 Å². The number of terminal acetylenes is 1. The largest absolute Gasteiger partial charge is 0.374 e. The molecule has 1 aromatic carbocycles. The maximum Gasteiger partial charge on any atom is 0.0763 e. The lowest BCUT2D eigenvalue weighted by atomic mass is 9.87. The van der Waals surface area contributed by atoms with E-state index >= 15 is 0 Å². The summed E-state index contributed by atoms with van der Waals surface area (Å²) in [4.78, 5) is 0. The van der Waals surface area contributed by atoms with Crippen LogP contribution in [0.4, 0.5) is 5.69 Å². The molecule has 0 aromatic heterocycles. The van der Waals surface area contributed by atoms with E-state index in [9.17, 15) is 0 Å². The van der Waals surface area contributed by atoms with Gasteiger partial charge in [0.2, 0.25) is 0 Å². The molecule has 0 bridgehead atoms. The molecule has 0 radical (unpaired) electrons. The third-order valence-corrected chi connectivity index (χ3v) is 2.15. The van der Waals surface area contributed by atoms with Crippen molar-refractivity contribution in [3.63, 3.8) is 0 Å². The van der Waals surface area contributed by atoms with Gasteiger partial charge in [0.25, 0.3) is 0 Å². The van der Waals surface area contributed by atoms with Crippen molar-refractivity contribution in [1.29, 1.82) is 0 Å². The van der Waals surface area contributed by atoms with Crippen LogP contribution in [-0.4, -0.2) is 6.54 Å². The number of benzene rings is 1. The van der Waals surface area contributed by atoms with Crippen molar-refractivity contribution in [3.8, 4) is 12.3 Å². The monoisotopic (exact) mass is 187 g/mol. The molecule has 0 aliphatic rings. The molecule has 0 unspecified atom stereocenters. The van der Waals surface area contributed by atoms with Gasteiger partial charge in [-0.1, -0.05) is 38.8 Å². The quantitative estimate of drug-likeness (QED) is 0.702. The first-order valence-corrected chi connectivity index (χ1v) is 4.82. The van der Waals surface area contributed by atoms with Crippen LogP contribution in [0.3, 0.4) is 0 Å². The van der Waals surface area contributed by atoms with Crippen LogP contribution in [-0.2, 0) is 5.41 Å². The molecule has 1 heteroatoms. The fraction of sp³-hybridized carbons (Fsp3) is 0.385. The molecule has 0 saturated heterocycles. The Hall–Kier alpha value is -1.42. The highest BCUT2D eigenvalue weighted by atomic mass is 14.8. The molecule has 14 heavy (non-hydrogen) atoms. The average Bonchev–Trinajstić information content (AvgIpc) is 2.14. The summed E-state index contributed by atoms with van der Waals surface area (Å²) >= 11 is 0. The molecule has 0 amide bonds. The molecule has 0 aliphatic carbocycles. The van der Waals surface area contributed by atoms with Gasteiger partial charge in [0.05, 0.1) is 6.54 Å². The number of hydrogen-bond donors (Lipinski definition) is 1. The maximum atomic E-state index is 5.16. The standard InChI is InChI=1S/C13H17N/c1-5-10-14-12-8-6-11(7-9-12)13(2,3)4/h1,6-9,14H,10H2,2-4H3. The first-order valence-electron chi connectivity index (χ1n) is 4.82. The van der Waals surface area contributed by atoms with Gasteiger partial charge in [-0.25, -0.2) is 0 Å². The highest BCUT2D eigenvalue weighted by molar-refractivity contribution is 5.46. The van der Waals surface area contributed by atoms with Gasteiger partial charge in [0.1, 0.15) is 0 Å². The molecule has 0 atom stereocenters. The van der Waals surface area contributed by atoms with E-state index in [-0.39, 0.29) is 5.41 Å². The average molecular weight is 187 g/mol. The van der Waals surface area contributed by atoms with Crippen molar-refractivity contribution in [2.75, 3.05) is 11.9 Å². The SMILES string of the molecule is C#CCNc1ccc(C(C)(C)C)cc1. The fourth-order valence-corrected chi connectivity index (χ4v) is 1.24. The molecule has 0 saturated carbocycles. The van der Waals surface area contributed by atoms with Gasteiger partial charge in [-0.15, -0.1) is 6.42 Å². The number of nitrogens with one attached hydrogen (secondary N) is 1. The predicted octanol–water partition coefficient (Wildman–Crippen LogP) is 3.03. The lowest BCUT2D eigenvalue weighted by molar-refractivity contribution is 0.590. The predicted molar refractivity (Wildman–Crippen MR) is 62.5 cm³/mol. The topological polar surface area (TPSA) is 12.0 Å². The lowest BCUT2D eigenvalue weighted by Crippen LogP contribution is -2.10. The molecule has 0 spiro atoms. The van der Waals surface area contributed by atoms with Crippen LogP contribution in [0, 0.1) is 12.3 Å². The Morgan fingerprint density at radius 2 is 1.79 bits per heavy atom. The van der Waals surface area contributed by atoms with Crippen molar-refractivity contribution in [2.24, 2.45) is 0 Å². The summed E-state index contributed by atoms with van der Waals surface area (Å²) in [5, 5.41) is 3.14. The molecule has 1 nitrogen and oxygen atoms in total. The van der Waals surface area contributed by atoms with Crippen LogP contribution in [0.15, 0.2) is 24.3 Å². The third kappa shape index (κ3) is 2.81. The van der Waals surface area contributed by atoms with E-state index < -0.39 is 0 Å². The minimum Gasteiger partial charge on any atom is -0.374 e. The summed E-state index contributed by atoms with van der Waals surface area (Å²) in [7, 11) is 0. The molecular weight excluding hydrogens is 170 g/mol. The minimum absolute atomic E-state index is 0.213. The summed E-state index contributed by atoms with van der Waals surface area (Å²) in [6.07, 6.45) is 5.16. The second-order valence-electron chi connectivity index (χ2n) is 4.39. The van der Waals surface area contributed by atoms with E-state index in [4.69, 9.17) is 6.42 Å². The van der Waals surface area contributed by atoms with E-state index in [0.717, 1.165) is 5.69 Å². The van der Waals surface area contributed by atoms with Crippen molar-refractivity contribution in [1.82, 2.24) is 0 Å². The Kier molecular flexibility index (Phi) is 3.19. The number of hydrogen-bond acceptors (Lipinski definition) is 1. The third-order valence-electron chi connectivity index (χ3n) is 2.15. The normalized spacial score (nSPS) is 10.7. The minimum atomic E-state index is 0.213. The van der Waals surface area contributed by atoms with Crippen molar-refractivity contribution in [3.05, 3.63) is 29.8 Å². The van der Waals surface area contributed by atoms with E-state index in [1.54, 1.807) is 0 Å². The first kappa shape index (κ1) is 10.7. The van der Waals surface area contributed by atoms with Crippen LogP contribution in [0.1, 0.15) is 26.3 Å². The van der Waals surface area contributed by atoms with Crippen molar-refractivity contribution >= 4 is 5.69 Å². The summed E-state index contributed by atoms with van der Waals surface area (Å²) in [6.45, 7) is 7.19. The Morgan fingerprint density at radius 1 is 1.21 bits per heavy atom. The second kappa shape index (κ2) is 4.19. The summed E-state index contributed by atoms with van der Waals surface area (Å²) in [5.74, 6) is 2.55. The highest BCUT2D eigenvalue weighted by Crippen LogP contribution is 2.23. The molecule has 74 valence electrons. The van der Waals surface area contributed by atoms with Gasteiger partial charge < -0.3 is 5.32 Å². The van der Waals surface area contributed by atoms with Crippen LogP contribution < -0.4 is 5.32 Å². The summed E-state index contributed by atoms with van der Waals surface area (Å²) < 4.78 is 0. The number of rotatable bonds is 2. The Labute approximate surface area is 86.5 Å².